The number of aromatic nitrogens is 2. The van der Waals surface area contributed by atoms with Crippen molar-refractivity contribution in [2.75, 3.05) is 0 Å². The highest BCUT2D eigenvalue weighted by molar-refractivity contribution is 9.10. The second-order valence-corrected chi connectivity index (χ2v) is 9.95. The van der Waals surface area contributed by atoms with Gasteiger partial charge in [-0.05, 0) is 71.8 Å². The van der Waals surface area contributed by atoms with Gasteiger partial charge in [-0.1, -0.05) is 63.9 Å². The average Bonchev–Trinajstić information content (AvgIpc) is 3.35. The van der Waals surface area contributed by atoms with Gasteiger partial charge in [0.1, 0.15) is 17.9 Å². The van der Waals surface area contributed by atoms with Crippen molar-refractivity contribution in [1.82, 2.24) is 9.66 Å². The minimum Gasteiger partial charge on any atom is -0.489 e. The molecule has 0 aliphatic carbocycles. The Morgan fingerprint density at radius 2 is 1.82 bits per heavy atom. The maximum Gasteiger partial charge on any atom is 0.282 e. The van der Waals surface area contributed by atoms with Gasteiger partial charge in [0.15, 0.2) is 5.76 Å². The number of nitrogens with zero attached hydrogens (tertiary/aromatic N) is 3. The molecular formula is C30H19BrClN3O3. The molecule has 4 aromatic carbocycles. The van der Waals surface area contributed by atoms with Crippen LogP contribution in [-0.4, -0.2) is 15.9 Å². The molecule has 0 N–H and O–H groups in total. The molecule has 8 heteroatoms. The molecule has 0 atom stereocenters. The van der Waals surface area contributed by atoms with E-state index in [1.807, 2.05) is 54.6 Å². The van der Waals surface area contributed by atoms with E-state index >= 15 is 0 Å². The number of benzene rings is 4. The number of rotatable bonds is 6. The number of para-hydroxylation sites is 1. The first-order chi connectivity index (χ1) is 18.5. The van der Waals surface area contributed by atoms with Crippen LogP contribution in [0.15, 0.2) is 116 Å². The maximum atomic E-state index is 13.5. The molecule has 0 radical (unpaired) electrons. The van der Waals surface area contributed by atoms with Crippen LogP contribution in [0.4, 0.5) is 0 Å². The Morgan fingerprint density at radius 3 is 2.68 bits per heavy atom. The predicted molar refractivity (Wildman–Crippen MR) is 154 cm³/mol. The van der Waals surface area contributed by atoms with Gasteiger partial charge in [-0.15, -0.1) is 0 Å². The third-order valence-electron chi connectivity index (χ3n) is 5.95. The van der Waals surface area contributed by atoms with E-state index in [9.17, 15) is 4.79 Å². The van der Waals surface area contributed by atoms with Gasteiger partial charge in [0.2, 0.25) is 5.82 Å². The Kier molecular flexibility index (Phi) is 6.54. The van der Waals surface area contributed by atoms with Crippen molar-refractivity contribution >= 4 is 55.6 Å². The van der Waals surface area contributed by atoms with Crippen LogP contribution in [0.2, 0.25) is 5.02 Å². The fourth-order valence-corrected chi connectivity index (χ4v) is 4.52. The molecule has 2 aromatic heterocycles. The summed E-state index contributed by atoms with van der Waals surface area (Å²) < 4.78 is 14.3. The highest BCUT2D eigenvalue weighted by atomic mass is 79.9. The van der Waals surface area contributed by atoms with Gasteiger partial charge in [0, 0.05) is 14.9 Å². The molecule has 0 aliphatic heterocycles. The minimum atomic E-state index is -0.303. The van der Waals surface area contributed by atoms with Crippen LogP contribution in [0.25, 0.3) is 33.5 Å². The Labute approximate surface area is 230 Å². The van der Waals surface area contributed by atoms with Gasteiger partial charge >= 0.3 is 0 Å². The molecule has 0 fully saturated rings. The van der Waals surface area contributed by atoms with E-state index in [0.717, 1.165) is 21.0 Å². The Morgan fingerprint density at radius 1 is 0.974 bits per heavy atom. The van der Waals surface area contributed by atoms with Gasteiger partial charge in [0.05, 0.1) is 17.1 Å². The van der Waals surface area contributed by atoms with E-state index in [0.29, 0.717) is 45.4 Å². The maximum absolute atomic E-state index is 13.5. The second kappa shape index (κ2) is 10.3. The largest absolute Gasteiger partial charge is 0.489 e. The lowest BCUT2D eigenvalue weighted by molar-refractivity contribution is 0.306. The van der Waals surface area contributed by atoms with Crippen molar-refractivity contribution < 1.29 is 9.15 Å². The van der Waals surface area contributed by atoms with Crippen LogP contribution in [0.3, 0.4) is 0 Å². The van der Waals surface area contributed by atoms with Crippen molar-refractivity contribution in [3.05, 3.63) is 128 Å². The number of ether oxygens (including phenoxy) is 1. The predicted octanol–water partition coefficient (Wildman–Crippen LogP) is 7.69. The summed E-state index contributed by atoms with van der Waals surface area (Å²) in [6.07, 6.45) is 1.60. The normalized spacial score (nSPS) is 11.5. The van der Waals surface area contributed by atoms with Crippen LogP contribution in [0.1, 0.15) is 11.1 Å². The quantitative estimate of drug-likeness (QED) is 0.188. The Balaban J connectivity index is 1.37. The summed E-state index contributed by atoms with van der Waals surface area (Å²) in [5, 5.41) is 6.38. The summed E-state index contributed by atoms with van der Waals surface area (Å²) in [5.41, 5.74) is 2.71. The molecule has 2 heterocycles. The molecule has 38 heavy (non-hydrogen) atoms. The summed E-state index contributed by atoms with van der Waals surface area (Å²) in [6.45, 7) is 0.433. The Hall–Kier alpha value is -4.20. The van der Waals surface area contributed by atoms with Gasteiger partial charge < -0.3 is 9.15 Å². The molecular weight excluding hydrogens is 566 g/mol. The molecule has 186 valence electrons. The lowest BCUT2D eigenvalue weighted by Gasteiger charge is -2.08. The van der Waals surface area contributed by atoms with E-state index in [1.165, 1.54) is 4.68 Å². The van der Waals surface area contributed by atoms with Crippen LogP contribution in [0, 0.1) is 0 Å². The smallest absolute Gasteiger partial charge is 0.282 e. The fourth-order valence-electron chi connectivity index (χ4n) is 4.07. The number of hydrogen-bond donors (Lipinski definition) is 0. The molecule has 0 saturated heterocycles. The van der Waals surface area contributed by atoms with E-state index in [2.05, 4.69) is 21.0 Å². The molecule has 0 unspecified atom stereocenters. The molecule has 0 spiro atoms. The second-order valence-electron chi connectivity index (χ2n) is 8.59. The number of fused-ring (bicyclic) bond motifs is 2. The topological polar surface area (TPSA) is 69.6 Å². The van der Waals surface area contributed by atoms with Crippen LogP contribution in [-0.2, 0) is 6.61 Å². The van der Waals surface area contributed by atoms with E-state index in [-0.39, 0.29) is 5.56 Å². The summed E-state index contributed by atoms with van der Waals surface area (Å²) in [6, 6.07) is 29.8. The number of furan rings is 1. The Bertz CT molecular complexity index is 1880. The van der Waals surface area contributed by atoms with Crippen molar-refractivity contribution in [3.8, 4) is 17.3 Å². The third kappa shape index (κ3) is 4.98. The number of hydrogen-bond acceptors (Lipinski definition) is 5. The zero-order chi connectivity index (χ0) is 26.1. The van der Waals surface area contributed by atoms with Crippen LogP contribution < -0.4 is 10.3 Å². The zero-order valence-corrected chi connectivity index (χ0v) is 22.2. The van der Waals surface area contributed by atoms with Crippen molar-refractivity contribution in [2.24, 2.45) is 5.10 Å². The van der Waals surface area contributed by atoms with E-state index in [4.69, 9.17) is 25.7 Å². The van der Waals surface area contributed by atoms with E-state index in [1.54, 1.807) is 48.7 Å². The third-order valence-corrected chi connectivity index (χ3v) is 6.72. The summed E-state index contributed by atoms with van der Waals surface area (Å²) >= 11 is 9.60. The number of halogens is 2. The summed E-state index contributed by atoms with van der Waals surface area (Å²) in [5.74, 6) is 1.39. The standard InChI is InChI=1S/C30H19BrClN3O3/c31-22-10-8-19(9-11-22)18-37-24-5-3-4-20(14-24)17-33-35-29(34-26-7-2-1-6-25(26)30(35)36)28-16-21-15-23(32)12-13-27(21)38-28/h1-17H,18H2. The molecule has 6 rings (SSSR count). The van der Waals surface area contributed by atoms with Crippen molar-refractivity contribution in [2.45, 2.75) is 6.61 Å². The van der Waals surface area contributed by atoms with Gasteiger partial charge in [-0.3, -0.25) is 4.79 Å². The van der Waals surface area contributed by atoms with Gasteiger partial charge in [0.25, 0.3) is 5.56 Å². The zero-order valence-electron chi connectivity index (χ0n) is 19.8. The molecule has 6 nitrogen and oxygen atoms in total. The van der Waals surface area contributed by atoms with Crippen molar-refractivity contribution in [1.29, 1.82) is 0 Å². The first-order valence-corrected chi connectivity index (χ1v) is 12.9. The highest BCUT2D eigenvalue weighted by Crippen LogP contribution is 2.29. The molecule has 6 aromatic rings. The molecule has 0 bridgehead atoms. The van der Waals surface area contributed by atoms with Crippen LogP contribution in [0.5, 0.6) is 5.75 Å². The average molecular weight is 585 g/mol. The minimum absolute atomic E-state index is 0.292. The van der Waals surface area contributed by atoms with Crippen molar-refractivity contribution in [3.63, 3.8) is 0 Å². The van der Waals surface area contributed by atoms with Crippen LogP contribution >= 0.6 is 27.5 Å². The SMILES string of the molecule is O=c1c2ccccc2nc(-c2cc3cc(Cl)ccc3o2)n1N=Cc1cccc(OCc2ccc(Br)cc2)c1. The molecule has 0 aliphatic rings. The van der Waals surface area contributed by atoms with Gasteiger partial charge in [-0.25, -0.2) is 4.98 Å². The van der Waals surface area contributed by atoms with Gasteiger partial charge in [-0.2, -0.15) is 9.78 Å². The lowest BCUT2D eigenvalue weighted by Crippen LogP contribution is -2.20. The monoisotopic (exact) mass is 583 g/mol. The lowest BCUT2D eigenvalue weighted by atomic mass is 10.2. The first kappa shape index (κ1) is 24.2. The summed E-state index contributed by atoms with van der Waals surface area (Å²) in [4.78, 5) is 18.2. The molecule has 0 saturated carbocycles. The first-order valence-electron chi connectivity index (χ1n) is 11.8. The van der Waals surface area contributed by atoms with E-state index < -0.39 is 0 Å². The molecule has 0 amide bonds. The fraction of sp³-hybridized carbons (Fsp3) is 0.0333. The highest BCUT2D eigenvalue weighted by Gasteiger charge is 2.16. The summed E-state index contributed by atoms with van der Waals surface area (Å²) in [7, 11) is 0.